The van der Waals surface area contributed by atoms with Crippen molar-refractivity contribution in [1.29, 1.82) is 0 Å². The van der Waals surface area contributed by atoms with Crippen LogP contribution >= 0.6 is 0 Å². The van der Waals surface area contributed by atoms with E-state index in [-0.39, 0.29) is 17.8 Å². The van der Waals surface area contributed by atoms with Crippen molar-refractivity contribution in [3.05, 3.63) is 12.2 Å². The zero-order valence-corrected chi connectivity index (χ0v) is 6.82. The lowest BCUT2D eigenvalue weighted by Crippen LogP contribution is -2.22. The molecule has 1 amide bonds. The molecule has 4 heteroatoms. The smallest absolute Gasteiger partial charge is 0.312 e. The first-order valence-corrected chi connectivity index (χ1v) is 3.70. The fourth-order valence-electron chi connectivity index (χ4n) is 1.24. The summed E-state index contributed by atoms with van der Waals surface area (Å²) >= 11 is 0. The van der Waals surface area contributed by atoms with Gasteiger partial charge in [-0.15, -0.1) is 0 Å². The summed E-state index contributed by atoms with van der Waals surface area (Å²) in [7, 11) is 1.33. The van der Waals surface area contributed by atoms with Gasteiger partial charge in [0.05, 0.1) is 18.9 Å². The molecule has 0 bridgehead atoms. The molecule has 2 atom stereocenters. The third-order valence-corrected chi connectivity index (χ3v) is 1.95. The van der Waals surface area contributed by atoms with E-state index in [2.05, 4.69) is 4.74 Å². The Morgan fingerprint density at radius 3 is 2.42 bits per heavy atom. The number of carbonyl (C=O) groups excluding carboxylic acids is 2. The highest BCUT2D eigenvalue weighted by Gasteiger charge is 2.28. The van der Waals surface area contributed by atoms with Crippen LogP contribution in [0.2, 0.25) is 0 Å². The van der Waals surface area contributed by atoms with Crippen molar-refractivity contribution in [2.45, 2.75) is 6.42 Å². The highest BCUT2D eigenvalue weighted by Crippen LogP contribution is 2.23. The van der Waals surface area contributed by atoms with Crippen LogP contribution in [-0.2, 0) is 14.3 Å². The number of hydrogen-bond donors (Lipinski definition) is 1. The molecule has 0 aromatic rings. The van der Waals surface area contributed by atoms with Gasteiger partial charge in [0.15, 0.2) is 0 Å². The molecule has 0 spiro atoms. The average Bonchev–Trinajstić information content (AvgIpc) is 2.51. The zero-order valence-electron chi connectivity index (χ0n) is 6.82. The Balaban J connectivity index is 2.53. The Labute approximate surface area is 70.4 Å². The normalized spacial score (nSPS) is 27.1. The molecule has 0 saturated heterocycles. The van der Waals surface area contributed by atoms with E-state index in [4.69, 9.17) is 5.73 Å². The minimum Gasteiger partial charge on any atom is -0.469 e. The van der Waals surface area contributed by atoms with Crippen molar-refractivity contribution < 1.29 is 14.3 Å². The summed E-state index contributed by atoms with van der Waals surface area (Å²) < 4.78 is 4.52. The second-order valence-electron chi connectivity index (χ2n) is 2.76. The molecule has 12 heavy (non-hydrogen) atoms. The first-order chi connectivity index (χ1) is 5.65. The lowest BCUT2D eigenvalue weighted by atomic mass is 10.0. The second kappa shape index (κ2) is 3.38. The van der Waals surface area contributed by atoms with Crippen LogP contribution in [0.1, 0.15) is 6.42 Å². The van der Waals surface area contributed by atoms with E-state index < -0.39 is 5.91 Å². The predicted octanol–water partition coefficient (Wildman–Crippen LogP) is -0.163. The van der Waals surface area contributed by atoms with Crippen LogP contribution in [0.3, 0.4) is 0 Å². The first-order valence-electron chi connectivity index (χ1n) is 3.70. The molecule has 0 saturated carbocycles. The summed E-state index contributed by atoms with van der Waals surface area (Å²) in [6, 6.07) is 0. The summed E-state index contributed by atoms with van der Waals surface area (Å²) in [6.07, 6.45) is 3.77. The van der Waals surface area contributed by atoms with E-state index in [1.54, 1.807) is 12.2 Å². The molecule has 1 aliphatic rings. The first kappa shape index (κ1) is 8.77. The molecule has 0 fully saturated rings. The van der Waals surface area contributed by atoms with Gasteiger partial charge in [0.1, 0.15) is 0 Å². The maximum atomic E-state index is 11.0. The molecular weight excluding hydrogens is 158 g/mol. The highest BCUT2D eigenvalue weighted by molar-refractivity contribution is 5.82. The molecule has 1 rings (SSSR count). The fraction of sp³-hybridized carbons (Fsp3) is 0.500. The van der Waals surface area contributed by atoms with Crippen molar-refractivity contribution in [3.63, 3.8) is 0 Å². The Morgan fingerprint density at radius 2 is 2.00 bits per heavy atom. The van der Waals surface area contributed by atoms with Crippen LogP contribution in [0.15, 0.2) is 12.2 Å². The maximum absolute atomic E-state index is 11.0. The molecule has 1 aliphatic carbocycles. The largest absolute Gasteiger partial charge is 0.469 e. The number of ether oxygens (including phenoxy) is 1. The molecule has 0 aliphatic heterocycles. The monoisotopic (exact) mass is 169 g/mol. The highest BCUT2D eigenvalue weighted by atomic mass is 16.5. The number of nitrogens with two attached hydrogens (primary N) is 1. The van der Waals surface area contributed by atoms with Crippen molar-refractivity contribution >= 4 is 11.9 Å². The van der Waals surface area contributed by atoms with Gasteiger partial charge in [-0.3, -0.25) is 9.59 Å². The van der Waals surface area contributed by atoms with Crippen molar-refractivity contribution in [2.24, 2.45) is 17.6 Å². The molecule has 2 N–H and O–H groups in total. The van der Waals surface area contributed by atoms with Crippen LogP contribution in [0.25, 0.3) is 0 Å². The summed E-state index contributed by atoms with van der Waals surface area (Å²) in [5, 5.41) is 0. The fourth-order valence-corrected chi connectivity index (χ4v) is 1.24. The average molecular weight is 169 g/mol. The standard InChI is InChI=1S/C8H11NO3/c1-12-8(11)6-3-2-5(4-6)7(9)10/h2-3,5-6H,4H2,1H3,(H2,9,10). The number of esters is 1. The number of carbonyl (C=O) groups is 2. The summed E-state index contributed by atoms with van der Waals surface area (Å²) in [6.45, 7) is 0. The van der Waals surface area contributed by atoms with Crippen molar-refractivity contribution in [2.75, 3.05) is 7.11 Å². The van der Waals surface area contributed by atoms with Gasteiger partial charge in [0.2, 0.25) is 5.91 Å². The molecule has 0 radical (unpaired) electrons. The van der Waals surface area contributed by atoms with E-state index in [1.165, 1.54) is 7.11 Å². The van der Waals surface area contributed by atoms with Crippen LogP contribution in [0.4, 0.5) is 0 Å². The number of hydrogen-bond acceptors (Lipinski definition) is 3. The topological polar surface area (TPSA) is 69.4 Å². The molecule has 0 aromatic heterocycles. The van der Waals surface area contributed by atoms with E-state index in [0.29, 0.717) is 6.42 Å². The van der Waals surface area contributed by atoms with Crippen LogP contribution < -0.4 is 5.73 Å². The van der Waals surface area contributed by atoms with Gasteiger partial charge in [-0.1, -0.05) is 12.2 Å². The summed E-state index contributed by atoms with van der Waals surface area (Å²) in [5.41, 5.74) is 5.06. The van der Waals surface area contributed by atoms with Gasteiger partial charge in [-0.2, -0.15) is 0 Å². The van der Waals surface area contributed by atoms with Crippen LogP contribution in [0.5, 0.6) is 0 Å². The van der Waals surface area contributed by atoms with Gasteiger partial charge in [0, 0.05) is 0 Å². The zero-order chi connectivity index (χ0) is 9.14. The minimum atomic E-state index is -0.391. The number of primary amides is 1. The van der Waals surface area contributed by atoms with Crippen molar-refractivity contribution in [1.82, 2.24) is 0 Å². The summed E-state index contributed by atoms with van der Waals surface area (Å²) in [5.74, 6) is -1.31. The van der Waals surface area contributed by atoms with Crippen LogP contribution in [0, 0.1) is 11.8 Å². The number of rotatable bonds is 2. The van der Waals surface area contributed by atoms with Gasteiger partial charge in [0.25, 0.3) is 0 Å². The van der Waals surface area contributed by atoms with E-state index in [0.717, 1.165) is 0 Å². The number of amides is 1. The Morgan fingerprint density at radius 1 is 1.42 bits per heavy atom. The van der Waals surface area contributed by atoms with Gasteiger partial charge < -0.3 is 10.5 Å². The molecule has 0 aromatic carbocycles. The Hall–Kier alpha value is -1.32. The maximum Gasteiger partial charge on any atom is 0.312 e. The van der Waals surface area contributed by atoms with Crippen LogP contribution in [-0.4, -0.2) is 19.0 Å². The van der Waals surface area contributed by atoms with E-state index in [1.807, 2.05) is 0 Å². The molecular formula is C8H11NO3. The lowest BCUT2D eigenvalue weighted by molar-refractivity contribution is -0.143. The number of methoxy groups -OCH3 is 1. The summed E-state index contributed by atoms with van der Waals surface area (Å²) in [4.78, 5) is 21.6. The second-order valence-corrected chi connectivity index (χ2v) is 2.76. The van der Waals surface area contributed by atoms with Crippen molar-refractivity contribution in [3.8, 4) is 0 Å². The van der Waals surface area contributed by atoms with Gasteiger partial charge in [-0.05, 0) is 6.42 Å². The Bertz CT molecular complexity index is 234. The van der Waals surface area contributed by atoms with Gasteiger partial charge >= 0.3 is 5.97 Å². The third-order valence-electron chi connectivity index (χ3n) is 1.95. The molecule has 4 nitrogen and oxygen atoms in total. The molecule has 66 valence electrons. The Kier molecular flexibility index (Phi) is 2.47. The predicted molar refractivity (Wildman–Crippen MR) is 41.9 cm³/mol. The molecule has 0 heterocycles. The minimum absolute atomic E-state index is 0.299. The quantitative estimate of drug-likeness (QED) is 0.461. The van der Waals surface area contributed by atoms with Gasteiger partial charge in [-0.25, -0.2) is 0 Å². The SMILES string of the molecule is COC(=O)C1C=CC(C(N)=O)C1. The lowest BCUT2D eigenvalue weighted by Gasteiger charge is -2.06. The van der Waals surface area contributed by atoms with E-state index >= 15 is 0 Å². The molecule has 2 unspecified atom stereocenters. The van der Waals surface area contributed by atoms with E-state index in [9.17, 15) is 9.59 Å². The third kappa shape index (κ3) is 1.64.